The summed E-state index contributed by atoms with van der Waals surface area (Å²) in [5, 5.41) is 12.5. The van der Waals surface area contributed by atoms with Crippen molar-refractivity contribution in [1.29, 1.82) is 0 Å². The van der Waals surface area contributed by atoms with Crippen molar-refractivity contribution in [3.05, 3.63) is 29.8 Å². The average molecular weight is 313 g/mol. The number of carbonyl (C=O) groups excluding carboxylic acids is 1. The summed E-state index contributed by atoms with van der Waals surface area (Å²) in [4.78, 5) is 16.0. The number of rotatable bonds is 3. The van der Waals surface area contributed by atoms with E-state index in [2.05, 4.69) is 29.3 Å². The fourth-order valence-corrected chi connectivity index (χ4v) is 3.36. The molecule has 1 amide bonds. The molecule has 23 heavy (non-hydrogen) atoms. The average Bonchev–Trinajstić information content (AvgIpc) is 2.95. The van der Waals surface area contributed by atoms with E-state index in [0.717, 1.165) is 24.0 Å². The molecule has 0 aliphatic carbocycles. The van der Waals surface area contributed by atoms with E-state index in [1.807, 2.05) is 36.1 Å². The molecule has 0 bridgehead atoms. The lowest BCUT2D eigenvalue weighted by Gasteiger charge is -2.38. The SMILES string of the molecule is Cc1ccccc1-c1nnn(CC(=O)N2[C@H](C)CCC[C@H]2C)n1. The van der Waals surface area contributed by atoms with Crippen LogP contribution in [0.15, 0.2) is 24.3 Å². The highest BCUT2D eigenvalue weighted by atomic mass is 16.2. The molecule has 2 heterocycles. The summed E-state index contributed by atoms with van der Waals surface area (Å²) in [7, 11) is 0. The molecule has 3 rings (SSSR count). The second-order valence-electron chi connectivity index (χ2n) is 6.39. The topological polar surface area (TPSA) is 63.9 Å². The van der Waals surface area contributed by atoms with Crippen LogP contribution in [0.5, 0.6) is 0 Å². The van der Waals surface area contributed by atoms with Crippen molar-refractivity contribution in [1.82, 2.24) is 25.1 Å². The Balaban J connectivity index is 1.74. The van der Waals surface area contributed by atoms with Gasteiger partial charge in [-0.15, -0.1) is 10.2 Å². The van der Waals surface area contributed by atoms with Gasteiger partial charge in [-0.25, -0.2) is 0 Å². The molecule has 0 N–H and O–H groups in total. The number of tetrazole rings is 1. The van der Waals surface area contributed by atoms with Crippen LogP contribution in [-0.4, -0.2) is 43.1 Å². The van der Waals surface area contributed by atoms with Gasteiger partial charge in [-0.05, 0) is 50.8 Å². The minimum absolute atomic E-state index is 0.0680. The Bertz CT molecular complexity index is 686. The molecule has 1 aliphatic rings. The minimum Gasteiger partial charge on any atom is -0.336 e. The molecule has 2 aromatic rings. The maximum atomic E-state index is 12.6. The predicted octanol–water partition coefficient (Wildman–Crippen LogP) is 2.44. The lowest BCUT2D eigenvalue weighted by Crippen LogP contribution is -2.48. The van der Waals surface area contributed by atoms with Gasteiger partial charge in [-0.2, -0.15) is 4.80 Å². The first kappa shape index (κ1) is 15.6. The maximum Gasteiger partial charge on any atom is 0.246 e. The summed E-state index contributed by atoms with van der Waals surface area (Å²) >= 11 is 0. The van der Waals surface area contributed by atoms with Crippen molar-refractivity contribution >= 4 is 5.91 Å². The smallest absolute Gasteiger partial charge is 0.246 e. The molecule has 1 fully saturated rings. The first-order valence-corrected chi connectivity index (χ1v) is 8.21. The molecule has 6 heteroatoms. The summed E-state index contributed by atoms with van der Waals surface area (Å²) < 4.78 is 0. The van der Waals surface area contributed by atoms with E-state index in [9.17, 15) is 4.79 Å². The molecule has 1 aromatic heterocycles. The second kappa shape index (κ2) is 6.48. The Morgan fingerprint density at radius 3 is 2.61 bits per heavy atom. The number of hydrogen-bond acceptors (Lipinski definition) is 4. The highest BCUT2D eigenvalue weighted by Crippen LogP contribution is 2.23. The largest absolute Gasteiger partial charge is 0.336 e. The number of likely N-dealkylation sites (tertiary alicyclic amines) is 1. The normalized spacial score (nSPS) is 21.4. The number of piperidine rings is 1. The molecule has 122 valence electrons. The number of hydrogen-bond donors (Lipinski definition) is 0. The molecule has 6 nitrogen and oxygen atoms in total. The van der Waals surface area contributed by atoms with E-state index >= 15 is 0 Å². The van der Waals surface area contributed by atoms with E-state index in [0.29, 0.717) is 5.82 Å². The van der Waals surface area contributed by atoms with Gasteiger partial charge in [0.2, 0.25) is 11.7 Å². The van der Waals surface area contributed by atoms with E-state index in [-0.39, 0.29) is 24.5 Å². The van der Waals surface area contributed by atoms with Crippen molar-refractivity contribution in [3.8, 4) is 11.4 Å². The number of aryl methyl sites for hydroxylation is 1. The van der Waals surface area contributed by atoms with Gasteiger partial charge in [0.15, 0.2) is 0 Å². The van der Waals surface area contributed by atoms with Crippen LogP contribution in [0.2, 0.25) is 0 Å². The Hall–Kier alpha value is -2.24. The predicted molar refractivity (Wildman–Crippen MR) is 87.6 cm³/mol. The van der Waals surface area contributed by atoms with Crippen LogP contribution in [0.25, 0.3) is 11.4 Å². The van der Waals surface area contributed by atoms with Gasteiger partial charge < -0.3 is 4.90 Å². The van der Waals surface area contributed by atoms with E-state index in [1.54, 1.807) is 0 Å². The molecule has 0 saturated carbocycles. The Morgan fingerprint density at radius 2 is 1.91 bits per heavy atom. The summed E-state index contributed by atoms with van der Waals surface area (Å²) in [5.74, 6) is 0.633. The van der Waals surface area contributed by atoms with Crippen LogP contribution >= 0.6 is 0 Å². The third-order valence-electron chi connectivity index (χ3n) is 4.60. The standard InChI is InChI=1S/C17H23N5O/c1-12-7-4-5-10-15(12)17-18-20-21(19-17)11-16(23)22-13(2)8-6-9-14(22)3/h4-5,7,10,13-14H,6,8-9,11H2,1-3H3/t13-,14-/m1/s1. The Kier molecular flexibility index (Phi) is 4.41. The van der Waals surface area contributed by atoms with Gasteiger partial charge in [0, 0.05) is 17.6 Å². The summed E-state index contributed by atoms with van der Waals surface area (Å²) in [6.07, 6.45) is 3.32. The summed E-state index contributed by atoms with van der Waals surface area (Å²) in [6, 6.07) is 8.47. The van der Waals surface area contributed by atoms with Gasteiger partial charge in [0.1, 0.15) is 6.54 Å². The van der Waals surface area contributed by atoms with E-state index < -0.39 is 0 Å². The van der Waals surface area contributed by atoms with Crippen LogP contribution in [0.1, 0.15) is 38.7 Å². The lowest BCUT2D eigenvalue weighted by atomic mass is 9.97. The zero-order valence-corrected chi connectivity index (χ0v) is 13.9. The highest BCUT2D eigenvalue weighted by Gasteiger charge is 2.29. The number of aromatic nitrogens is 4. The third kappa shape index (κ3) is 3.25. The molecular formula is C17H23N5O. The molecule has 0 radical (unpaired) electrons. The molecule has 2 atom stereocenters. The number of carbonyl (C=O) groups is 1. The molecule has 0 spiro atoms. The summed E-state index contributed by atoms with van der Waals surface area (Å²) in [6.45, 7) is 6.38. The van der Waals surface area contributed by atoms with Gasteiger partial charge in [-0.3, -0.25) is 4.79 Å². The Labute approximate surface area is 136 Å². The van der Waals surface area contributed by atoms with Gasteiger partial charge in [0.25, 0.3) is 0 Å². The zero-order valence-electron chi connectivity index (χ0n) is 13.9. The van der Waals surface area contributed by atoms with Crippen molar-refractivity contribution < 1.29 is 4.79 Å². The highest BCUT2D eigenvalue weighted by molar-refractivity contribution is 5.76. The van der Waals surface area contributed by atoms with Crippen molar-refractivity contribution in [2.24, 2.45) is 0 Å². The van der Waals surface area contributed by atoms with Gasteiger partial charge >= 0.3 is 0 Å². The van der Waals surface area contributed by atoms with Crippen LogP contribution in [0.4, 0.5) is 0 Å². The lowest BCUT2D eigenvalue weighted by molar-refractivity contribution is -0.138. The quantitative estimate of drug-likeness (QED) is 0.873. The molecule has 1 aromatic carbocycles. The van der Waals surface area contributed by atoms with Gasteiger partial charge in [-0.1, -0.05) is 24.3 Å². The first-order chi connectivity index (χ1) is 11.1. The Morgan fingerprint density at radius 1 is 1.22 bits per heavy atom. The van der Waals surface area contributed by atoms with Crippen LogP contribution < -0.4 is 0 Å². The fraction of sp³-hybridized carbons (Fsp3) is 0.529. The van der Waals surface area contributed by atoms with Crippen LogP contribution in [0.3, 0.4) is 0 Å². The minimum atomic E-state index is 0.0680. The zero-order chi connectivity index (χ0) is 16.4. The number of amides is 1. The summed E-state index contributed by atoms with van der Waals surface area (Å²) in [5.41, 5.74) is 2.04. The van der Waals surface area contributed by atoms with Crippen LogP contribution in [0, 0.1) is 6.92 Å². The van der Waals surface area contributed by atoms with E-state index in [4.69, 9.17) is 0 Å². The molecular weight excluding hydrogens is 290 g/mol. The first-order valence-electron chi connectivity index (χ1n) is 8.21. The van der Waals surface area contributed by atoms with Gasteiger partial charge in [0.05, 0.1) is 0 Å². The van der Waals surface area contributed by atoms with Crippen molar-refractivity contribution in [2.75, 3.05) is 0 Å². The second-order valence-corrected chi connectivity index (χ2v) is 6.39. The molecule has 1 saturated heterocycles. The number of nitrogens with zero attached hydrogens (tertiary/aromatic N) is 5. The monoisotopic (exact) mass is 313 g/mol. The number of benzene rings is 1. The van der Waals surface area contributed by atoms with Crippen LogP contribution in [-0.2, 0) is 11.3 Å². The van der Waals surface area contributed by atoms with Crippen molar-refractivity contribution in [2.45, 2.75) is 58.7 Å². The molecule has 1 aliphatic heterocycles. The maximum absolute atomic E-state index is 12.6. The molecule has 0 unspecified atom stereocenters. The van der Waals surface area contributed by atoms with Crippen molar-refractivity contribution in [3.63, 3.8) is 0 Å². The fourth-order valence-electron chi connectivity index (χ4n) is 3.36. The third-order valence-corrected chi connectivity index (χ3v) is 4.60. The van der Waals surface area contributed by atoms with E-state index in [1.165, 1.54) is 11.2 Å².